The van der Waals surface area contributed by atoms with E-state index in [0.29, 0.717) is 17.9 Å². The van der Waals surface area contributed by atoms with Gasteiger partial charge in [-0.1, -0.05) is 48.9 Å². The number of aromatic nitrogens is 2. The Morgan fingerprint density at radius 2 is 1.96 bits per heavy atom. The van der Waals surface area contributed by atoms with Crippen LogP contribution in [0.1, 0.15) is 24.6 Å². The number of fused-ring (bicyclic) bond motifs is 1. The molecular formula is C22H20ClN3OS. The molecule has 4 aromatic rings. The Balaban J connectivity index is 1.46. The minimum Gasteiger partial charge on any atom is -0.326 e. The van der Waals surface area contributed by atoms with Crippen LogP contribution in [0.25, 0.3) is 16.2 Å². The summed E-state index contributed by atoms with van der Waals surface area (Å²) in [5, 5.41) is 5.82. The Kier molecular flexibility index (Phi) is 5.46. The van der Waals surface area contributed by atoms with E-state index < -0.39 is 0 Å². The van der Waals surface area contributed by atoms with E-state index in [9.17, 15) is 4.79 Å². The molecular weight excluding hydrogens is 390 g/mol. The minimum absolute atomic E-state index is 0.0262. The number of carbonyl (C=O) groups is 1. The Morgan fingerprint density at radius 1 is 1.18 bits per heavy atom. The number of benzene rings is 2. The van der Waals surface area contributed by atoms with E-state index in [0.717, 1.165) is 39.6 Å². The number of nitrogens with zero attached hydrogens (tertiary/aromatic N) is 2. The van der Waals surface area contributed by atoms with Crippen LogP contribution in [-0.2, 0) is 17.6 Å². The third kappa shape index (κ3) is 3.96. The highest BCUT2D eigenvalue weighted by molar-refractivity contribution is 7.15. The Morgan fingerprint density at radius 3 is 2.75 bits per heavy atom. The summed E-state index contributed by atoms with van der Waals surface area (Å²) < 4.78 is 2.07. The minimum atomic E-state index is 0.0262. The van der Waals surface area contributed by atoms with Gasteiger partial charge in [0.15, 0.2) is 4.96 Å². The highest BCUT2D eigenvalue weighted by Crippen LogP contribution is 2.25. The summed E-state index contributed by atoms with van der Waals surface area (Å²) in [5.41, 5.74) is 5.08. The summed E-state index contributed by atoms with van der Waals surface area (Å²) in [5.74, 6) is 0.0262. The van der Waals surface area contributed by atoms with Gasteiger partial charge in [-0.3, -0.25) is 9.20 Å². The molecule has 2 aromatic heterocycles. The Bertz CT molecular complexity index is 1110. The fraction of sp³-hybridized carbons (Fsp3) is 0.182. The summed E-state index contributed by atoms with van der Waals surface area (Å²) >= 11 is 7.56. The molecule has 0 atom stereocenters. The van der Waals surface area contributed by atoms with Gasteiger partial charge in [-0.25, -0.2) is 4.98 Å². The van der Waals surface area contributed by atoms with Crippen molar-refractivity contribution in [1.82, 2.24) is 9.38 Å². The first-order valence-electron chi connectivity index (χ1n) is 9.23. The fourth-order valence-electron chi connectivity index (χ4n) is 3.17. The first-order valence-corrected chi connectivity index (χ1v) is 10.5. The monoisotopic (exact) mass is 409 g/mol. The van der Waals surface area contributed by atoms with E-state index in [4.69, 9.17) is 11.6 Å². The molecule has 0 spiro atoms. The number of amides is 1. The molecule has 0 saturated heterocycles. The molecule has 4 nitrogen and oxygen atoms in total. The second-order valence-corrected chi connectivity index (χ2v) is 7.84. The molecule has 2 heterocycles. The summed E-state index contributed by atoms with van der Waals surface area (Å²) in [6.07, 6.45) is 4.01. The topological polar surface area (TPSA) is 46.4 Å². The van der Waals surface area contributed by atoms with Gasteiger partial charge in [-0.2, -0.15) is 0 Å². The van der Waals surface area contributed by atoms with Crippen LogP contribution in [-0.4, -0.2) is 15.3 Å². The smallest absolute Gasteiger partial charge is 0.224 e. The number of nitrogens with one attached hydrogen (secondary N) is 1. The third-order valence-corrected chi connectivity index (χ3v) is 5.84. The predicted octanol–water partition coefficient (Wildman–Crippen LogP) is 5.85. The van der Waals surface area contributed by atoms with E-state index in [1.54, 1.807) is 11.3 Å². The molecule has 0 bridgehead atoms. The Labute approximate surface area is 172 Å². The molecule has 142 valence electrons. The SMILES string of the molecule is CCc1ccccc1NC(=O)CCc1csc2nc(-c3ccc(Cl)cc3)cn12. The normalized spacial score (nSPS) is 11.1. The number of thiazole rings is 1. The highest BCUT2D eigenvalue weighted by atomic mass is 35.5. The van der Waals surface area contributed by atoms with Crippen molar-refractivity contribution in [3.63, 3.8) is 0 Å². The number of rotatable bonds is 6. The quantitative estimate of drug-likeness (QED) is 0.434. The van der Waals surface area contributed by atoms with Gasteiger partial charge >= 0.3 is 0 Å². The third-order valence-electron chi connectivity index (χ3n) is 4.70. The lowest BCUT2D eigenvalue weighted by molar-refractivity contribution is -0.116. The second kappa shape index (κ2) is 8.17. The highest BCUT2D eigenvalue weighted by Gasteiger charge is 2.12. The molecule has 2 aromatic carbocycles. The zero-order valence-electron chi connectivity index (χ0n) is 15.5. The van der Waals surface area contributed by atoms with Gasteiger partial charge in [-0.05, 0) is 36.6 Å². The number of hydrogen-bond acceptors (Lipinski definition) is 3. The standard InChI is InChI=1S/C22H20ClN3OS/c1-2-15-5-3-4-6-19(15)24-21(27)12-11-18-14-28-22-25-20(13-26(18)22)16-7-9-17(23)10-8-16/h3-10,13-14H,2,11-12H2,1H3,(H,24,27). The molecule has 1 N–H and O–H groups in total. The van der Waals surface area contributed by atoms with E-state index >= 15 is 0 Å². The van der Waals surface area contributed by atoms with Gasteiger partial charge in [0.05, 0.1) is 5.69 Å². The molecule has 4 rings (SSSR count). The van der Waals surface area contributed by atoms with Gasteiger partial charge in [-0.15, -0.1) is 11.3 Å². The lowest BCUT2D eigenvalue weighted by atomic mass is 10.1. The predicted molar refractivity (Wildman–Crippen MR) is 116 cm³/mol. The lowest BCUT2D eigenvalue weighted by Crippen LogP contribution is -2.14. The number of anilines is 1. The van der Waals surface area contributed by atoms with Gasteiger partial charge in [0, 0.05) is 40.0 Å². The maximum Gasteiger partial charge on any atom is 0.224 e. The zero-order valence-corrected chi connectivity index (χ0v) is 17.1. The van der Waals surface area contributed by atoms with Crippen molar-refractivity contribution in [3.8, 4) is 11.3 Å². The van der Waals surface area contributed by atoms with Crippen molar-refractivity contribution >= 4 is 39.5 Å². The summed E-state index contributed by atoms with van der Waals surface area (Å²) in [6.45, 7) is 2.09. The first kappa shape index (κ1) is 18.7. The number of carbonyl (C=O) groups excluding carboxylic acids is 1. The zero-order chi connectivity index (χ0) is 19.5. The number of halogens is 1. The van der Waals surface area contributed by atoms with Crippen LogP contribution in [0, 0.1) is 0 Å². The van der Waals surface area contributed by atoms with E-state index in [1.165, 1.54) is 0 Å². The fourth-order valence-corrected chi connectivity index (χ4v) is 4.21. The van der Waals surface area contributed by atoms with E-state index in [-0.39, 0.29) is 5.91 Å². The molecule has 0 unspecified atom stereocenters. The molecule has 0 aliphatic heterocycles. The molecule has 28 heavy (non-hydrogen) atoms. The van der Waals surface area contributed by atoms with Gasteiger partial charge < -0.3 is 5.32 Å². The molecule has 0 aliphatic carbocycles. The number of imidazole rings is 1. The average molecular weight is 410 g/mol. The number of hydrogen-bond donors (Lipinski definition) is 1. The summed E-state index contributed by atoms with van der Waals surface area (Å²) in [4.78, 5) is 18.0. The molecule has 6 heteroatoms. The van der Waals surface area contributed by atoms with Crippen molar-refractivity contribution in [2.24, 2.45) is 0 Å². The Hall–Kier alpha value is -2.63. The van der Waals surface area contributed by atoms with Crippen molar-refractivity contribution in [1.29, 1.82) is 0 Å². The first-order chi connectivity index (χ1) is 13.6. The maximum absolute atomic E-state index is 12.4. The van der Waals surface area contributed by atoms with Crippen molar-refractivity contribution in [2.45, 2.75) is 26.2 Å². The molecule has 0 aliphatic rings. The average Bonchev–Trinajstić information content (AvgIpc) is 3.28. The van der Waals surface area contributed by atoms with Gasteiger partial charge in [0.2, 0.25) is 5.91 Å². The molecule has 1 amide bonds. The largest absolute Gasteiger partial charge is 0.326 e. The lowest BCUT2D eigenvalue weighted by Gasteiger charge is -2.09. The van der Waals surface area contributed by atoms with E-state index in [1.807, 2.05) is 54.7 Å². The maximum atomic E-state index is 12.4. The van der Waals surface area contributed by atoms with Crippen LogP contribution in [0.3, 0.4) is 0 Å². The van der Waals surface area contributed by atoms with Crippen LogP contribution in [0.15, 0.2) is 60.1 Å². The van der Waals surface area contributed by atoms with Gasteiger partial charge in [0.25, 0.3) is 0 Å². The number of para-hydroxylation sites is 1. The molecule has 0 fully saturated rings. The van der Waals surface area contributed by atoms with Crippen molar-refractivity contribution < 1.29 is 4.79 Å². The van der Waals surface area contributed by atoms with Crippen LogP contribution in [0.5, 0.6) is 0 Å². The van der Waals surface area contributed by atoms with Crippen LogP contribution in [0.2, 0.25) is 5.02 Å². The van der Waals surface area contributed by atoms with E-state index in [2.05, 4.69) is 27.0 Å². The van der Waals surface area contributed by atoms with Crippen LogP contribution >= 0.6 is 22.9 Å². The van der Waals surface area contributed by atoms with Crippen molar-refractivity contribution in [2.75, 3.05) is 5.32 Å². The van der Waals surface area contributed by atoms with Crippen LogP contribution in [0.4, 0.5) is 5.69 Å². The summed E-state index contributed by atoms with van der Waals surface area (Å²) in [6, 6.07) is 15.6. The molecule has 0 radical (unpaired) electrons. The second-order valence-electron chi connectivity index (χ2n) is 6.57. The number of aryl methyl sites for hydroxylation is 2. The molecule has 0 saturated carbocycles. The van der Waals surface area contributed by atoms with Crippen LogP contribution < -0.4 is 5.32 Å². The van der Waals surface area contributed by atoms with Gasteiger partial charge in [0.1, 0.15) is 0 Å². The van der Waals surface area contributed by atoms with Crippen molar-refractivity contribution in [3.05, 3.63) is 76.4 Å². The summed E-state index contributed by atoms with van der Waals surface area (Å²) in [7, 11) is 0.